The summed E-state index contributed by atoms with van der Waals surface area (Å²) in [6, 6.07) is 0. The van der Waals surface area contributed by atoms with Crippen molar-refractivity contribution in [2.24, 2.45) is 17.8 Å². The maximum Gasteiger partial charge on any atom is 0.310 e. The third kappa shape index (κ3) is 6.52. The van der Waals surface area contributed by atoms with Gasteiger partial charge in [-0.15, -0.1) is 0 Å². The average Bonchev–Trinajstić information content (AvgIpc) is 2.57. The Bertz CT molecular complexity index is 366. The summed E-state index contributed by atoms with van der Waals surface area (Å²) < 4.78 is 5.73. The standard InChI is InChI=1S/C19H34O4/c1-4-7-10-14(5-2)13-15(6-3)23-19(22)17-12-9-8-11-16(17)18(20)21/h14-17H,4-13H2,1-3H3,(H,20,21). The molecule has 0 aromatic rings. The van der Waals surface area contributed by atoms with E-state index in [1.54, 1.807) is 0 Å². The lowest BCUT2D eigenvalue weighted by atomic mass is 9.79. The van der Waals surface area contributed by atoms with Crippen LogP contribution in [0.4, 0.5) is 0 Å². The minimum Gasteiger partial charge on any atom is -0.481 e. The van der Waals surface area contributed by atoms with Crippen LogP contribution in [-0.2, 0) is 14.3 Å². The Morgan fingerprint density at radius 2 is 1.74 bits per heavy atom. The van der Waals surface area contributed by atoms with Gasteiger partial charge in [0.1, 0.15) is 6.10 Å². The summed E-state index contributed by atoms with van der Waals surface area (Å²) in [4.78, 5) is 23.8. The predicted octanol–water partition coefficient (Wildman–Crippen LogP) is 4.81. The zero-order chi connectivity index (χ0) is 17.2. The van der Waals surface area contributed by atoms with E-state index in [1.807, 2.05) is 6.92 Å². The van der Waals surface area contributed by atoms with Crippen LogP contribution in [0.1, 0.15) is 85.0 Å². The van der Waals surface area contributed by atoms with Crippen molar-refractivity contribution in [3.8, 4) is 0 Å². The Morgan fingerprint density at radius 1 is 1.09 bits per heavy atom. The second-order valence-corrected chi connectivity index (χ2v) is 6.96. The van der Waals surface area contributed by atoms with E-state index in [1.165, 1.54) is 19.3 Å². The Hall–Kier alpha value is -1.06. The summed E-state index contributed by atoms with van der Waals surface area (Å²) in [6.45, 7) is 6.43. The van der Waals surface area contributed by atoms with Crippen LogP contribution < -0.4 is 0 Å². The molecule has 0 amide bonds. The van der Waals surface area contributed by atoms with E-state index in [4.69, 9.17) is 4.74 Å². The van der Waals surface area contributed by atoms with Gasteiger partial charge in [-0.1, -0.05) is 59.3 Å². The van der Waals surface area contributed by atoms with E-state index in [2.05, 4.69) is 13.8 Å². The molecular weight excluding hydrogens is 292 g/mol. The van der Waals surface area contributed by atoms with Gasteiger partial charge in [0.2, 0.25) is 0 Å². The lowest BCUT2D eigenvalue weighted by Gasteiger charge is -2.29. The number of hydrogen-bond acceptors (Lipinski definition) is 3. The second kappa shape index (κ2) is 10.7. The molecule has 1 N–H and O–H groups in total. The molecule has 0 heterocycles. The Labute approximate surface area is 141 Å². The number of esters is 1. The summed E-state index contributed by atoms with van der Waals surface area (Å²) >= 11 is 0. The number of ether oxygens (including phenoxy) is 1. The third-order valence-electron chi connectivity index (χ3n) is 5.26. The number of rotatable bonds is 10. The Balaban J connectivity index is 2.58. The maximum absolute atomic E-state index is 12.5. The van der Waals surface area contributed by atoms with Gasteiger partial charge in [0.05, 0.1) is 11.8 Å². The predicted molar refractivity (Wildman–Crippen MR) is 91.2 cm³/mol. The molecule has 0 bridgehead atoms. The smallest absolute Gasteiger partial charge is 0.310 e. The summed E-state index contributed by atoms with van der Waals surface area (Å²) in [5, 5.41) is 9.32. The molecule has 0 saturated heterocycles. The number of carbonyl (C=O) groups is 2. The molecule has 1 aliphatic carbocycles. The molecule has 4 nitrogen and oxygen atoms in total. The number of carboxylic acids is 1. The summed E-state index contributed by atoms with van der Waals surface area (Å²) in [6.07, 6.45) is 9.41. The molecule has 0 radical (unpaired) electrons. The van der Waals surface area contributed by atoms with E-state index in [0.29, 0.717) is 18.8 Å². The molecule has 4 atom stereocenters. The first-order chi connectivity index (χ1) is 11.0. The van der Waals surface area contributed by atoms with Crippen molar-refractivity contribution >= 4 is 11.9 Å². The normalized spacial score (nSPS) is 24.0. The molecule has 1 rings (SSSR count). The SMILES string of the molecule is CCCCC(CC)CC(CC)OC(=O)C1CCCCC1C(=O)O. The second-order valence-electron chi connectivity index (χ2n) is 6.96. The summed E-state index contributed by atoms with van der Waals surface area (Å²) in [5.74, 6) is -1.56. The van der Waals surface area contributed by atoms with Crippen LogP contribution in [0.25, 0.3) is 0 Å². The number of aliphatic carboxylic acids is 1. The zero-order valence-electron chi connectivity index (χ0n) is 15.1. The van der Waals surface area contributed by atoms with Gasteiger partial charge in [0.15, 0.2) is 0 Å². The van der Waals surface area contributed by atoms with Gasteiger partial charge in [-0.05, 0) is 31.6 Å². The lowest BCUT2D eigenvalue weighted by molar-refractivity contribution is -0.164. The van der Waals surface area contributed by atoms with Crippen molar-refractivity contribution in [2.75, 3.05) is 0 Å². The molecule has 0 aliphatic heterocycles. The molecule has 1 fully saturated rings. The molecule has 1 aliphatic rings. The molecule has 134 valence electrons. The van der Waals surface area contributed by atoms with E-state index in [0.717, 1.165) is 32.1 Å². The number of unbranched alkanes of at least 4 members (excludes halogenated alkanes) is 1. The third-order valence-corrected chi connectivity index (χ3v) is 5.26. The fourth-order valence-electron chi connectivity index (χ4n) is 3.61. The monoisotopic (exact) mass is 326 g/mol. The first-order valence-electron chi connectivity index (χ1n) is 9.46. The molecule has 23 heavy (non-hydrogen) atoms. The average molecular weight is 326 g/mol. The minimum absolute atomic E-state index is 0.0688. The highest BCUT2D eigenvalue weighted by Crippen LogP contribution is 2.32. The lowest BCUT2D eigenvalue weighted by Crippen LogP contribution is -2.35. The molecule has 4 unspecified atom stereocenters. The molecule has 0 aromatic carbocycles. The first kappa shape index (κ1) is 20.0. The first-order valence-corrected chi connectivity index (χ1v) is 9.46. The quantitative estimate of drug-likeness (QED) is 0.585. The molecule has 1 saturated carbocycles. The van der Waals surface area contributed by atoms with Gasteiger partial charge >= 0.3 is 11.9 Å². The van der Waals surface area contributed by atoms with E-state index in [9.17, 15) is 14.7 Å². The van der Waals surface area contributed by atoms with Crippen LogP contribution in [-0.4, -0.2) is 23.1 Å². The summed E-state index contributed by atoms with van der Waals surface area (Å²) in [7, 11) is 0. The topological polar surface area (TPSA) is 63.6 Å². The van der Waals surface area contributed by atoms with Gasteiger partial charge in [0.25, 0.3) is 0 Å². The van der Waals surface area contributed by atoms with Crippen molar-refractivity contribution in [1.82, 2.24) is 0 Å². The van der Waals surface area contributed by atoms with Crippen molar-refractivity contribution in [3.63, 3.8) is 0 Å². The maximum atomic E-state index is 12.5. The van der Waals surface area contributed by atoms with Crippen molar-refractivity contribution < 1.29 is 19.4 Å². The van der Waals surface area contributed by atoms with Gasteiger partial charge in [-0.25, -0.2) is 0 Å². The van der Waals surface area contributed by atoms with Crippen molar-refractivity contribution in [1.29, 1.82) is 0 Å². The van der Waals surface area contributed by atoms with Gasteiger partial charge < -0.3 is 9.84 Å². The minimum atomic E-state index is -0.853. The fraction of sp³-hybridized carbons (Fsp3) is 0.895. The number of hydrogen-bond donors (Lipinski definition) is 1. The molecule has 0 spiro atoms. The zero-order valence-corrected chi connectivity index (χ0v) is 15.1. The van der Waals surface area contributed by atoms with Crippen LogP contribution in [0.2, 0.25) is 0 Å². The van der Waals surface area contributed by atoms with Crippen molar-refractivity contribution in [2.45, 2.75) is 91.1 Å². The molecular formula is C19H34O4. The van der Waals surface area contributed by atoms with Crippen LogP contribution >= 0.6 is 0 Å². The highest BCUT2D eigenvalue weighted by molar-refractivity contribution is 5.81. The highest BCUT2D eigenvalue weighted by atomic mass is 16.5. The Kier molecular flexibility index (Phi) is 9.27. The Morgan fingerprint density at radius 3 is 2.26 bits per heavy atom. The summed E-state index contributed by atoms with van der Waals surface area (Å²) in [5.41, 5.74) is 0. The van der Waals surface area contributed by atoms with E-state index in [-0.39, 0.29) is 12.1 Å². The van der Waals surface area contributed by atoms with Crippen molar-refractivity contribution in [3.05, 3.63) is 0 Å². The molecule has 0 aromatic heterocycles. The van der Waals surface area contributed by atoms with Crippen LogP contribution in [0.3, 0.4) is 0 Å². The van der Waals surface area contributed by atoms with Crippen LogP contribution in [0.5, 0.6) is 0 Å². The van der Waals surface area contributed by atoms with Gasteiger partial charge in [-0.2, -0.15) is 0 Å². The van der Waals surface area contributed by atoms with E-state index < -0.39 is 17.8 Å². The van der Waals surface area contributed by atoms with Crippen LogP contribution in [0, 0.1) is 17.8 Å². The van der Waals surface area contributed by atoms with Gasteiger partial charge in [-0.3, -0.25) is 9.59 Å². The number of carbonyl (C=O) groups excluding carboxylic acids is 1. The van der Waals surface area contributed by atoms with Gasteiger partial charge in [0, 0.05) is 0 Å². The molecule has 4 heteroatoms. The van der Waals surface area contributed by atoms with E-state index >= 15 is 0 Å². The largest absolute Gasteiger partial charge is 0.481 e. The fourth-order valence-corrected chi connectivity index (χ4v) is 3.61. The number of carboxylic acid groups (broad SMARTS) is 1. The highest BCUT2D eigenvalue weighted by Gasteiger charge is 2.37. The van der Waals surface area contributed by atoms with Crippen LogP contribution in [0.15, 0.2) is 0 Å².